The average molecular weight is 443 g/mol. The largest absolute Gasteiger partial charge is 0.493 e. The molecule has 1 aromatic heterocycles. The Balaban J connectivity index is 1.57. The van der Waals surface area contributed by atoms with Crippen LogP contribution in [0.25, 0.3) is 0 Å². The SMILES string of the molecule is COc1cc(CCC(=O)Nc2ccc(N3CCCC(C(N)=O)C3)nc2)cc(OC)c1OC. The van der Waals surface area contributed by atoms with Crippen molar-refractivity contribution in [2.24, 2.45) is 11.7 Å². The predicted molar refractivity (Wildman–Crippen MR) is 121 cm³/mol. The lowest BCUT2D eigenvalue weighted by Gasteiger charge is -2.32. The molecular formula is C23H30N4O5. The second-order valence-corrected chi connectivity index (χ2v) is 7.67. The van der Waals surface area contributed by atoms with Crippen molar-refractivity contribution in [2.45, 2.75) is 25.7 Å². The molecule has 2 amide bonds. The van der Waals surface area contributed by atoms with E-state index in [1.807, 2.05) is 24.3 Å². The van der Waals surface area contributed by atoms with Gasteiger partial charge in [0.2, 0.25) is 17.6 Å². The van der Waals surface area contributed by atoms with Crippen LogP contribution in [0.4, 0.5) is 11.5 Å². The van der Waals surface area contributed by atoms with Crippen molar-refractivity contribution < 1.29 is 23.8 Å². The fraction of sp³-hybridized carbons (Fsp3) is 0.435. The van der Waals surface area contributed by atoms with Crippen molar-refractivity contribution in [1.29, 1.82) is 0 Å². The summed E-state index contributed by atoms with van der Waals surface area (Å²) in [5.41, 5.74) is 6.97. The number of carbonyl (C=O) groups is 2. The number of piperidine rings is 1. The van der Waals surface area contributed by atoms with Crippen LogP contribution < -0.4 is 30.2 Å². The van der Waals surface area contributed by atoms with Gasteiger partial charge in [0.05, 0.1) is 39.1 Å². The first kappa shape index (κ1) is 23.2. The number of hydrogen-bond acceptors (Lipinski definition) is 7. The van der Waals surface area contributed by atoms with Crippen molar-refractivity contribution in [3.05, 3.63) is 36.0 Å². The van der Waals surface area contributed by atoms with Crippen molar-refractivity contribution in [2.75, 3.05) is 44.6 Å². The van der Waals surface area contributed by atoms with Gasteiger partial charge in [0, 0.05) is 19.5 Å². The van der Waals surface area contributed by atoms with Gasteiger partial charge in [-0.1, -0.05) is 0 Å². The van der Waals surface area contributed by atoms with E-state index in [1.165, 1.54) is 0 Å². The molecule has 1 saturated heterocycles. The molecule has 0 saturated carbocycles. The van der Waals surface area contributed by atoms with Crippen LogP contribution >= 0.6 is 0 Å². The highest BCUT2D eigenvalue weighted by atomic mass is 16.5. The summed E-state index contributed by atoms with van der Waals surface area (Å²) in [7, 11) is 4.67. The standard InChI is InChI=1S/C23H30N4O5/c1-30-18-11-15(12-19(31-2)22(18)32-3)6-9-21(28)26-17-7-8-20(25-13-17)27-10-4-5-16(14-27)23(24)29/h7-8,11-13,16H,4-6,9-10,14H2,1-3H3,(H2,24,29)(H,26,28). The van der Waals surface area contributed by atoms with E-state index in [0.29, 0.717) is 35.9 Å². The summed E-state index contributed by atoms with van der Waals surface area (Å²) < 4.78 is 16.0. The minimum absolute atomic E-state index is 0.125. The number of amides is 2. The maximum atomic E-state index is 12.4. The van der Waals surface area contributed by atoms with E-state index in [4.69, 9.17) is 19.9 Å². The monoisotopic (exact) mass is 442 g/mol. The van der Waals surface area contributed by atoms with E-state index in [0.717, 1.165) is 30.8 Å². The Labute approximate surface area is 187 Å². The molecule has 9 nitrogen and oxygen atoms in total. The second-order valence-electron chi connectivity index (χ2n) is 7.67. The maximum absolute atomic E-state index is 12.4. The lowest BCUT2D eigenvalue weighted by atomic mass is 9.97. The minimum atomic E-state index is -0.273. The molecule has 1 atom stereocenters. The number of ether oxygens (including phenoxy) is 3. The maximum Gasteiger partial charge on any atom is 0.224 e. The van der Waals surface area contributed by atoms with Crippen LogP contribution in [0.5, 0.6) is 17.2 Å². The molecule has 0 aliphatic carbocycles. The van der Waals surface area contributed by atoms with Crippen LogP contribution in [0.1, 0.15) is 24.8 Å². The van der Waals surface area contributed by atoms with Gasteiger partial charge < -0.3 is 30.2 Å². The molecular weight excluding hydrogens is 412 g/mol. The molecule has 32 heavy (non-hydrogen) atoms. The highest BCUT2D eigenvalue weighted by Gasteiger charge is 2.24. The number of aromatic nitrogens is 1. The van der Waals surface area contributed by atoms with E-state index in [-0.39, 0.29) is 24.2 Å². The molecule has 1 aromatic carbocycles. The number of nitrogens with zero attached hydrogens (tertiary/aromatic N) is 2. The Morgan fingerprint density at radius 1 is 1.16 bits per heavy atom. The summed E-state index contributed by atoms with van der Waals surface area (Å²) >= 11 is 0. The molecule has 172 valence electrons. The zero-order valence-electron chi connectivity index (χ0n) is 18.7. The van der Waals surface area contributed by atoms with Crippen molar-refractivity contribution >= 4 is 23.3 Å². The number of nitrogens with one attached hydrogen (secondary N) is 1. The number of carbonyl (C=O) groups excluding carboxylic acids is 2. The third-order valence-electron chi connectivity index (χ3n) is 5.54. The van der Waals surface area contributed by atoms with Gasteiger partial charge in [-0.3, -0.25) is 9.59 Å². The highest BCUT2D eigenvalue weighted by Crippen LogP contribution is 2.38. The van der Waals surface area contributed by atoms with Gasteiger partial charge in [-0.15, -0.1) is 0 Å². The zero-order valence-corrected chi connectivity index (χ0v) is 18.7. The van der Waals surface area contributed by atoms with Gasteiger partial charge in [0.25, 0.3) is 0 Å². The topological polar surface area (TPSA) is 116 Å². The molecule has 2 aromatic rings. The predicted octanol–water partition coefficient (Wildman–Crippen LogP) is 2.38. The van der Waals surface area contributed by atoms with Crippen molar-refractivity contribution in [3.63, 3.8) is 0 Å². The van der Waals surface area contributed by atoms with E-state index < -0.39 is 0 Å². The van der Waals surface area contributed by atoms with Crippen LogP contribution in [0.2, 0.25) is 0 Å². The summed E-state index contributed by atoms with van der Waals surface area (Å²) in [5, 5.41) is 2.87. The molecule has 2 heterocycles. The number of rotatable bonds is 9. The van der Waals surface area contributed by atoms with Crippen LogP contribution in [-0.2, 0) is 16.0 Å². The number of anilines is 2. The Kier molecular flexibility index (Phi) is 7.75. The minimum Gasteiger partial charge on any atom is -0.493 e. The van der Waals surface area contributed by atoms with Gasteiger partial charge in [-0.05, 0) is 49.1 Å². The first-order chi connectivity index (χ1) is 15.4. The highest BCUT2D eigenvalue weighted by molar-refractivity contribution is 5.90. The number of methoxy groups -OCH3 is 3. The Morgan fingerprint density at radius 2 is 1.88 bits per heavy atom. The quantitative estimate of drug-likeness (QED) is 0.612. The van der Waals surface area contributed by atoms with Gasteiger partial charge in [-0.25, -0.2) is 4.98 Å². The molecule has 0 radical (unpaired) electrons. The molecule has 3 N–H and O–H groups in total. The van der Waals surface area contributed by atoms with Gasteiger partial charge >= 0.3 is 0 Å². The van der Waals surface area contributed by atoms with E-state index >= 15 is 0 Å². The van der Waals surface area contributed by atoms with E-state index in [9.17, 15) is 9.59 Å². The van der Waals surface area contributed by atoms with Crippen LogP contribution in [0, 0.1) is 5.92 Å². The van der Waals surface area contributed by atoms with Crippen LogP contribution in [-0.4, -0.2) is 51.2 Å². The lowest BCUT2D eigenvalue weighted by molar-refractivity contribution is -0.122. The second kappa shape index (κ2) is 10.7. The normalized spacial score (nSPS) is 15.7. The third-order valence-corrected chi connectivity index (χ3v) is 5.54. The number of primary amides is 1. The number of pyridine rings is 1. The summed E-state index contributed by atoms with van der Waals surface area (Å²) in [6.45, 7) is 1.40. The average Bonchev–Trinajstić information content (AvgIpc) is 2.82. The molecule has 1 aliphatic rings. The van der Waals surface area contributed by atoms with Crippen molar-refractivity contribution in [3.8, 4) is 17.2 Å². The molecule has 1 unspecified atom stereocenters. The molecule has 0 spiro atoms. The number of benzene rings is 1. The van der Waals surface area contributed by atoms with Gasteiger partial charge in [0.1, 0.15) is 5.82 Å². The molecule has 1 fully saturated rings. The summed E-state index contributed by atoms with van der Waals surface area (Å²) in [6.07, 6.45) is 4.13. The van der Waals surface area contributed by atoms with Crippen molar-refractivity contribution in [1.82, 2.24) is 4.98 Å². The fourth-order valence-electron chi connectivity index (χ4n) is 3.83. The number of nitrogens with two attached hydrogens (primary N) is 1. The van der Waals surface area contributed by atoms with E-state index in [2.05, 4.69) is 15.2 Å². The summed E-state index contributed by atoms with van der Waals surface area (Å²) in [4.78, 5) is 30.4. The van der Waals surface area contributed by atoms with Gasteiger partial charge in [0.15, 0.2) is 11.5 Å². The Morgan fingerprint density at radius 3 is 2.44 bits per heavy atom. The summed E-state index contributed by atoms with van der Waals surface area (Å²) in [6, 6.07) is 7.33. The Hall–Kier alpha value is -3.49. The van der Waals surface area contributed by atoms with Crippen LogP contribution in [0.3, 0.4) is 0 Å². The first-order valence-corrected chi connectivity index (χ1v) is 10.5. The lowest BCUT2D eigenvalue weighted by Crippen LogP contribution is -2.41. The molecule has 1 aliphatic heterocycles. The summed E-state index contributed by atoms with van der Waals surface area (Å²) in [5.74, 6) is 1.85. The number of hydrogen-bond donors (Lipinski definition) is 2. The first-order valence-electron chi connectivity index (χ1n) is 10.5. The van der Waals surface area contributed by atoms with Gasteiger partial charge in [-0.2, -0.15) is 0 Å². The Bertz CT molecular complexity index is 923. The third kappa shape index (κ3) is 5.60. The molecule has 9 heteroatoms. The zero-order chi connectivity index (χ0) is 23.1. The smallest absolute Gasteiger partial charge is 0.224 e. The molecule has 0 bridgehead atoms. The molecule has 3 rings (SSSR count). The number of aryl methyl sites for hydroxylation is 1. The van der Waals surface area contributed by atoms with Crippen LogP contribution in [0.15, 0.2) is 30.5 Å². The van der Waals surface area contributed by atoms with E-state index in [1.54, 1.807) is 27.5 Å². The fourth-order valence-corrected chi connectivity index (χ4v) is 3.83.